The van der Waals surface area contributed by atoms with E-state index in [0.717, 1.165) is 22.3 Å². The molecule has 6 nitrogen and oxygen atoms in total. The number of amides is 1. The molecule has 0 radical (unpaired) electrons. The quantitative estimate of drug-likeness (QED) is 0.749. The van der Waals surface area contributed by atoms with E-state index in [0.29, 0.717) is 5.82 Å². The lowest BCUT2D eigenvalue weighted by molar-refractivity contribution is -0.116. The highest BCUT2D eigenvalue weighted by molar-refractivity contribution is 5.98. The lowest BCUT2D eigenvalue weighted by Gasteiger charge is -2.17. The highest BCUT2D eigenvalue weighted by atomic mass is 16.2. The van der Waals surface area contributed by atoms with Crippen LogP contribution in [0.5, 0.6) is 0 Å². The smallest absolute Gasteiger partial charge is 0.246 e. The number of aromatic nitrogens is 2. The van der Waals surface area contributed by atoms with E-state index in [9.17, 15) is 4.79 Å². The minimum Gasteiger partial charge on any atom is -0.378 e. The summed E-state index contributed by atoms with van der Waals surface area (Å²) in [6.45, 7) is 1.81. The first-order chi connectivity index (χ1) is 12.0. The average molecular weight is 335 g/mol. The number of hydrogen-bond acceptors (Lipinski definition) is 5. The van der Waals surface area contributed by atoms with Crippen molar-refractivity contribution in [2.24, 2.45) is 0 Å². The highest BCUT2D eigenvalue weighted by Gasteiger charge is 2.15. The Hall–Kier alpha value is -3.15. The van der Waals surface area contributed by atoms with Crippen LogP contribution in [-0.4, -0.2) is 36.0 Å². The standard InChI is InChI=1S/C19H21N5O/c1-13(19(25)23-14-8-10-15(11-9-14)24(2)3)22-18-16-6-4-5-7-17(16)20-12-21-18/h4-13H,1-3H3,(H,23,25)(H,20,21,22). The summed E-state index contributed by atoms with van der Waals surface area (Å²) in [5.74, 6) is 0.525. The number of anilines is 3. The van der Waals surface area contributed by atoms with Crippen LogP contribution in [0.4, 0.5) is 17.2 Å². The molecule has 0 bridgehead atoms. The maximum Gasteiger partial charge on any atom is 0.246 e. The Morgan fingerprint density at radius 1 is 1.04 bits per heavy atom. The summed E-state index contributed by atoms with van der Waals surface area (Å²) in [6, 6.07) is 15.0. The van der Waals surface area contributed by atoms with Gasteiger partial charge >= 0.3 is 0 Å². The molecule has 6 heteroatoms. The first-order valence-corrected chi connectivity index (χ1v) is 8.09. The van der Waals surface area contributed by atoms with Crippen LogP contribution in [0.2, 0.25) is 0 Å². The third-order valence-electron chi connectivity index (χ3n) is 3.94. The molecule has 25 heavy (non-hydrogen) atoms. The second kappa shape index (κ2) is 7.17. The summed E-state index contributed by atoms with van der Waals surface area (Å²) < 4.78 is 0. The minimum absolute atomic E-state index is 0.125. The van der Waals surface area contributed by atoms with Gasteiger partial charge in [0.15, 0.2) is 0 Å². The zero-order chi connectivity index (χ0) is 17.8. The van der Waals surface area contributed by atoms with Crippen molar-refractivity contribution >= 4 is 34.0 Å². The second-order valence-corrected chi connectivity index (χ2v) is 6.04. The largest absolute Gasteiger partial charge is 0.378 e. The van der Waals surface area contributed by atoms with Crippen molar-refractivity contribution in [2.75, 3.05) is 29.6 Å². The van der Waals surface area contributed by atoms with E-state index in [2.05, 4.69) is 20.6 Å². The normalized spacial score (nSPS) is 11.8. The molecule has 0 aliphatic heterocycles. The van der Waals surface area contributed by atoms with Gasteiger partial charge in [0.25, 0.3) is 0 Å². The molecule has 1 aromatic heterocycles. The summed E-state index contributed by atoms with van der Waals surface area (Å²) in [6.07, 6.45) is 1.50. The molecule has 3 rings (SSSR count). The van der Waals surface area contributed by atoms with Crippen molar-refractivity contribution in [3.05, 3.63) is 54.9 Å². The molecule has 2 aromatic carbocycles. The van der Waals surface area contributed by atoms with Crippen LogP contribution in [-0.2, 0) is 4.79 Å². The van der Waals surface area contributed by atoms with Gasteiger partial charge in [-0.2, -0.15) is 0 Å². The minimum atomic E-state index is -0.438. The van der Waals surface area contributed by atoms with Gasteiger partial charge in [0.2, 0.25) is 5.91 Å². The molecule has 1 atom stereocenters. The molecule has 0 fully saturated rings. The zero-order valence-corrected chi connectivity index (χ0v) is 14.5. The van der Waals surface area contributed by atoms with Crippen LogP contribution in [0, 0.1) is 0 Å². The maximum absolute atomic E-state index is 12.4. The molecule has 0 aliphatic rings. The van der Waals surface area contributed by atoms with Crippen LogP contribution in [0.1, 0.15) is 6.92 Å². The predicted molar refractivity (Wildman–Crippen MR) is 102 cm³/mol. The van der Waals surface area contributed by atoms with E-state index >= 15 is 0 Å². The Balaban J connectivity index is 1.70. The SMILES string of the molecule is CC(Nc1ncnc2ccccc12)C(=O)Nc1ccc(N(C)C)cc1. The van der Waals surface area contributed by atoms with E-state index in [4.69, 9.17) is 0 Å². The Morgan fingerprint density at radius 2 is 1.76 bits per heavy atom. The Morgan fingerprint density at radius 3 is 2.48 bits per heavy atom. The van der Waals surface area contributed by atoms with Gasteiger partial charge in [-0.25, -0.2) is 9.97 Å². The summed E-state index contributed by atoms with van der Waals surface area (Å²) in [5, 5.41) is 6.96. The Bertz CT molecular complexity index is 871. The second-order valence-electron chi connectivity index (χ2n) is 6.04. The van der Waals surface area contributed by atoms with Gasteiger partial charge in [-0.3, -0.25) is 4.79 Å². The zero-order valence-electron chi connectivity index (χ0n) is 14.5. The number of benzene rings is 2. The monoisotopic (exact) mass is 335 g/mol. The molecule has 1 heterocycles. The topological polar surface area (TPSA) is 70.1 Å². The maximum atomic E-state index is 12.4. The van der Waals surface area contributed by atoms with E-state index in [1.165, 1.54) is 6.33 Å². The summed E-state index contributed by atoms with van der Waals surface area (Å²) in [5.41, 5.74) is 2.68. The third kappa shape index (κ3) is 3.85. The molecule has 0 saturated heterocycles. The number of nitrogens with zero attached hydrogens (tertiary/aromatic N) is 3. The van der Waals surface area contributed by atoms with E-state index in [1.54, 1.807) is 6.92 Å². The molecule has 0 spiro atoms. The number of fused-ring (bicyclic) bond motifs is 1. The summed E-state index contributed by atoms with van der Waals surface area (Å²) in [7, 11) is 3.96. The van der Waals surface area contributed by atoms with Crippen LogP contribution in [0.3, 0.4) is 0 Å². The summed E-state index contributed by atoms with van der Waals surface area (Å²) in [4.78, 5) is 22.9. The highest BCUT2D eigenvalue weighted by Crippen LogP contribution is 2.20. The van der Waals surface area contributed by atoms with Gasteiger partial charge in [0, 0.05) is 30.9 Å². The van der Waals surface area contributed by atoms with Crippen molar-refractivity contribution in [2.45, 2.75) is 13.0 Å². The number of nitrogens with one attached hydrogen (secondary N) is 2. The van der Waals surface area contributed by atoms with E-state index in [1.807, 2.05) is 67.5 Å². The van der Waals surface area contributed by atoms with E-state index < -0.39 is 6.04 Å². The molecule has 3 aromatic rings. The number of carbonyl (C=O) groups excluding carboxylic acids is 1. The van der Waals surface area contributed by atoms with Crippen molar-refractivity contribution in [1.29, 1.82) is 0 Å². The van der Waals surface area contributed by atoms with Crippen LogP contribution in [0.15, 0.2) is 54.9 Å². The van der Waals surface area contributed by atoms with Crippen molar-refractivity contribution in [1.82, 2.24) is 9.97 Å². The van der Waals surface area contributed by atoms with Crippen LogP contribution >= 0.6 is 0 Å². The van der Waals surface area contributed by atoms with E-state index in [-0.39, 0.29) is 5.91 Å². The van der Waals surface area contributed by atoms with Gasteiger partial charge in [0.1, 0.15) is 18.2 Å². The van der Waals surface area contributed by atoms with Crippen LogP contribution < -0.4 is 15.5 Å². The average Bonchev–Trinajstić information content (AvgIpc) is 2.62. The number of carbonyl (C=O) groups is 1. The lowest BCUT2D eigenvalue weighted by atomic mass is 10.2. The Labute approximate surface area is 146 Å². The van der Waals surface area contributed by atoms with Crippen molar-refractivity contribution < 1.29 is 4.79 Å². The van der Waals surface area contributed by atoms with Gasteiger partial charge in [-0.1, -0.05) is 12.1 Å². The van der Waals surface area contributed by atoms with Gasteiger partial charge < -0.3 is 15.5 Å². The molecule has 128 valence electrons. The fourth-order valence-corrected chi connectivity index (χ4v) is 2.48. The predicted octanol–water partition coefficient (Wildman–Crippen LogP) is 3.13. The van der Waals surface area contributed by atoms with Gasteiger partial charge in [0.05, 0.1) is 5.52 Å². The van der Waals surface area contributed by atoms with Crippen LogP contribution in [0.25, 0.3) is 10.9 Å². The molecular formula is C19H21N5O. The van der Waals surface area contributed by atoms with Crippen molar-refractivity contribution in [3.8, 4) is 0 Å². The Kier molecular flexibility index (Phi) is 4.79. The number of rotatable bonds is 5. The first-order valence-electron chi connectivity index (χ1n) is 8.09. The molecule has 0 aliphatic carbocycles. The molecule has 1 unspecified atom stereocenters. The van der Waals surface area contributed by atoms with Crippen molar-refractivity contribution in [3.63, 3.8) is 0 Å². The third-order valence-corrected chi connectivity index (χ3v) is 3.94. The number of para-hydroxylation sites is 1. The summed E-state index contributed by atoms with van der Waals surface area (Å²) >= 11 is 0. The molecule has 2 N–H and O–H groups in total. The lowest BCUT2D eigenvalue weighted by Crippen LogP contribution is -2.32. The molecule has 0 saturated carbocycles. The fraction of sp³-hybridized carbons (Fsp3) is 0.211. The molecular weight excluding hydrogens is 314 g/mol. The van der Waals surface area contributed by atoms with Gasteiger partial charge in [-0.05, 0) is 43.3 Å². The number of hydrogen-bond donors (Lipinski definition) is 2. The fourth-order valence-electron chi connectivity index (χ4n) is 2.48. The molecule has 1 amide bonds. The first kappa shape index (κ1) is 16.7. The van der Waals surface area contributed by atoms with Gasteiger partial charge in [-0.15, -0.1) is 0 Å².